The van der Waals surface area contributed by atoms with Gasteiger partial charge >= 0.3 is 6.18 Å². The fourth-order valence-electron chi connectivity index (χ4n) is 2.84. The number of tetrazole rings is 1. The van der Waals surface area contributed by atoms with Crippen LogP contribution in [0.3, 0.4) is 0 Å². The van der Waals surface area contributed by atoms with Crippen molar-refractivity contribution in [2.24, 2.45) is 0 Å². The molecular formula is C16H17F3N6O2. The maximum absolute atomic E-state index is 12.8. The molecule has 0 bridgehead atoms. The first-order valence-corrected chi connectivity index (χ1v) is 8.25. The maximum atomic E-state index is 12.8. The van der Waals surface area contributed by atoms with Gasteiger partial charge in [-0.15, -0.1) is 5.10 Å². The van der Waals surface area contributed by atoms with Crippen LogP contribution in [0.5, 0.6) is 0 Å². The van der Waals surface area contributed by atoms with Gasteiger partial charge in [-0.05, 0) is 22.1 Å². The summed E-state index contributed by atoms with van der Waals surface area (Å²) in [6, 6.07) is 4.76. The van der Waals surface area contributed by atoms with Gasteiger partial charge in [0.2, 0.25) is 11.8 Å². The second kappa shape index (κ2) is 7.72. The van der Waals surface area contributed by atoms with Crippen LogP contribution in [0.15, 0.2) is 30.6 Å². The van der Waals surface area contributed by atoms with Crippen molar-refractivity contribution < 1.29 is 22.8 Å². The van der Waals surface area contributed by atoms with Gasteiger partial charge in [0.15, 0.2) is 0 Å². The Morgan fingerprint density at radius 3 is 2.30 bits per heavy atom. The molecule has 2 heterocycles. The third kappa shape index (κ3) is 4.80. The molecule has 8 nitrogen and oxygen atoms in total. The summed E-state index contributed by atoms with van der Waals surface area (Å²) in [6.45, 7) is 1.40. The summed E-state index contributed by atoms with van der Waals surface area (Å²) < 4.78 is 39.6. The van der Waals surface area contributed by atoms with Gasteiger partial charge in [0.25, 0.3) is 0 Å². The Morgan fingerprint density at radius 2 is 1.70 bits per heavy atom. The van der Waals surface area contributed by atoms with E-state index in [2.05, 4.69) is 15.5 Å². The molecule has 0 spiro atoms. The molecule has 1 aliphatic heterocycles. The molecule has 1 fully saturated rings. The summed E-state index contributed by atoms with van der Waals surface area (Å²) >= 11 is 0. The Balaban J connectivity index is 1.52. The molecule has 1 aliphatic rings. The van der Waals surface area contributed by atoms with E-state index in [9.17, 15) is 22.8 Å². The number of alkyl halides is 3. The molecule has 2 aromatic rings. The SMILES string of the molecule is O=C(Cc1cccc(C(F)(F)F)c1)N1CCN(C(=O)Cn2cnnn2)CC1. The molecule has 144 valence electrons. The van der Waals surface area contributed by atoms with Crippen LogP contribution in [0.2, 0.25) is 0 Å². The van der Waals surface area contributed by atoms with Gasteiger partial charge in [-0.1, -0.05) is 18.2 Å². The van der Waals surface area contributed by atoms with Crippen LogP contribution < -0.4 is 0 Å². The molecule has 0 radical (unpaired) electrons. The van der Waals surface area contributed by atoms with E-state index in [1.165, 1.54) is 23.1 Å². The van der Waals surface area contributed by atoms with Gasteiger partial charge in [-0.3, -0.25) is 9.59 Å². The van der Waals surface area contributed by atoms with Crippen molar-refractivity contribution in [1.29, 1.82) is 0 Å². The minimum absolute atomic E-state index is 0.0190. The molecule has 27 heavy (non-hydrogen) atoms. The number of hydrogen-bond donors (Lipinski definition) is 0. The quantitative estimate of drug-likeness (QED) is 0.774. The van der Waals surface area contributed by atoms with E-state index in [-0.39, 0.29) is 24.8 Å². The average molecular weight is 382 g/mol. The number of aromatic nitrogens is 4. The van der Waals surface area contributed by atoms with Crippen molar-refractivity contribution in [3.8, 4) is 0 Å². The standard InChI is InChI=1S/C16H17F3N6O2/c17-16(18,19)13-3-1-2-12(8-13)9-14(26)23-4-6-24(7-5-23)15(27)10-25-11-20-21-22-25/h1-3,8,11H,4-7,9-10H2. The fraction of sp³-hybridized carbons (Fsp3) is 0.438. The Hall–Kier alpha value is -2.98. The predicted octanol–water partition coefficient (Wildman–Crippen LogP) is 0.605. The summed E-state index contributed by atoms with van der Waals surface area (Å²) in [5.41, 5.74) is -0.460. The van der Waals surface area contributed by atoms with Crippen LogP contribution in [0.25, 0.3) is 0 Å². The lowest BCUT2D eigenvalue weighted by Crippen LogP contribution is -2.51. The molecular weight excluding hydrogens is 365 g/mol. The van der Waals surface area contributed by atoms with Crippen LogP contribution in [0.4, 0.5) is 13.2 Å². The first-order chi connectivity index (χ1) is 12.8. The van der Waals surface area contributed by atoms with E-state index in [0.717, 1.165) is 12.1 Å². The third-order valence-corrected chi connectivity index (χ3v) is 4.28. The third-order valence-electron chi connectivity index (χ3n) is 4.28. The predicted molar refractivity (Wildman–Crippen MR) is 86.1 cm³/mol. The van der Waals surface area contributed by atoms with E-state index < -0.39 is 11.7 Å². The number of hydrogen-bond acceptors (Lipinski definition) is 5. The van der Waals surface area contributed by atoms with Crippen molar-refractivity contribution in [2.75, 3.05) is 26.2 Å². The highest BCUT2D eigenvalue weighted by Crippen LogP contribution is 2.29. The van der Waals surface area contributed by atoms with Gasteiger partial charge in [0, 0.05) is 26.2 Å². The summed E-state index contributed by atoms with van der Waals surface area (Å²) in [5, 5.41) is 10.5. The fourth-order valence-corrected chi connectivity index (χ4v) is 2.84. The second-order valence-electron chi connectivity index (χ2n) is 6.14. The van der Waals surface area contributed by atoms with Crippen LogP contribution in [0, 0.1) is 0 Å². The highest BCUT2D eigenvalue weighted by atomic mass is 19.4. The maximum Gasteiger partial charge on any atom is 0.416 e. The van der Waals surface area contributed by atoms with Crippen molar-refractivity contribution in [2.45, 2.75) is 19.1 Å². The van der Waals surface area contributed by atoms with Crippen molar-refractivity contribution in [3.05, 3.63) is 41.7 Å². The molecule has 1 aromatic heterocycles. The Kier molecular flexibility index (Phi) is 5.38. The van der Waals surface area contributed by atoms with Gasteiger partial charge in [0.05, 0.1) is 12.0 Å². The molecule has 1 saturated heterocycles. The Bertz CT molecular complexity index is 801. The minimum Gasteiger partial charge on any atom is -0.339 e. The number of amides is 2. The average Bonchev–Trinajstić information content (AvgIpc) is 3.14. The van der Waals surface area contributed by atoms with Crippen molar-refractivity contribution in [3.63, 3.8) is 0 Å². The van der Waals surface area contributed by atoms with Crippen LogP contribution >= 0.6 is 0 Å². The zero-order valence-electron chi connectivity index (χ0n) is 14.3. The highest BCUT2D eigenvalue weighted by molar-refractivity contribution is 5.80. The van der Waals surface area contributed by atoms with Crippen LogP contribution in [-0.2, 0) is 28.7 Å². The number of carbonyl (C=O) groups is 2. The summed E-state index contributed by atoms with van der Waals surface area (Å²) in [7, 11) is 0. The molecule has 3 rings (SSSR count). The van der Waals surface area contributed by atoms with E-state index in [0.29, 0.717) is 31.7 Å². The normalized spacial score (nSPS) is 15.1. The van der Waals surface area contributed by atoms with Crippen LogP contribution in [-0.4, -0.2) is 68.0 Å². The monoisotopic (exact) mass is 382 g/mol. The summed E-state index contributed by atoms with van der Waals surface area (Å²) in [5.74, 6) is -0.422. The Morgan fingerprint density at radius 1 is 1.04 bits per heavy atom. The van der Waals surface area contributed by atoms with Gasteiger partial charge in [0.1, 0.15) is 12.9 Å². The number of benzene rings is 1. The number of rotatable bonds is 4. The molecule has 0 atom stereocenters. The topological polar surface area (TPSA) is 84.2 Å². The molecule has 0 N–H and O–H groups in total. The second-order valence-corrected chi connectivity index (χ2v) is 6.14. The smallest absolute Gasteiger partial charge is 0.339 e. The largest absolute Gasteiger partial charge is 0.416 e. The lowest BCUT2D eigenvalue weighted by atomic mass is 10.1. The zero-order chi connectivity index (χ0) is 19.4. The molecule has 2 amide bonds. The molecule has 0 aliphatic carbocycles. The van der Waals surface area contributed by atoms with E-state index in [4.69, 9.17) is 0 Å². The Labute approximate surface area is 152 Å². The first kappa shape index (κ1) is 18.8. The van der Waals surface area contributed by atoms with Gasteiger partial charge < -0.3 is 9.80 Å². The number of piperazine rings is 1. The summed E-state index contributed by atoms with van der Waals surface area (Å²) in [6.07, 6.45) is -3.21. The number of halogens is 3. The van der Waals surface area contributed by atoms with Crippen LogP contribution in [0.1, 0.15) is 11.1 Å². The van der Waals surface area contributed by atoms with E-state index in [1.54, 1.807) is 9.80 Å². The van der Waals surface area contributed by atoms with Crippen molar-refractivity contribution in [1.82, 2.24) is 30.0 Å². The zero-order valence-corrected chi connectivity index (χ0v) is 14.3. The van der Waals surface area contributed by atoms with Crippen molar-refractivity contribution >= 4 is 11.8 Å². The van der Waals surface area contributed by atoms with E-state index >= 15 is 0 Å². The molecule has 11 heteroatoms. The van der Waals surface area contributed by atoms with Gasteiger partial charge in [-0.2, -0.15) is 13.2 Å². The van der Waals surface area contributed by atoms with Gasteiger partial charge in [-0.25, -0.2) is 4.68 Å². The molecule has 0 saturated carbocycles. The number of nitrogens with zero attached hydrogens (tertiary/aromatic N) is 6. The highest BCUT2D eigenvalue weighted by Gasteiger charge is 2.31. The molecule has 1 aromatic carbocycles. The van der Waals surface area contributed by atoms with E-state index in [1.807, 2.05) is 0 Å². The number of carbonyl (C=O) groups excluding carboxylic acids is 2. The summed E-state index contributed by atoms with van der Waals surface area (Å²) in [4.78, 5) is 27.7. The first-order valence-electron chi connectivity index (χ1n) is 8.25. The minimum atomic E-state index is -4.44. The lowest BCUT2D eigenvalue weighted by Gasteiger charge is -2.34. The molecule has 0 unspecified atom stereocenters. The lowest BCUT2D eigenvalue weighted by molar-refractivity contribution is -0.139.